The Morgan fingerprint density at radius 1 is 0.614 bits per heavy atom. The average molecular weight is 838 g/mol. The van der Waals surface area contributed by atoms with Gasteiger partial charge in [0.25, 0.3) is 0 Å². The van der Waals surface area contributed by atoms with E-state index in [1.807, 2.05) is 42.5 Å². The second kappa shape index (κ2) is 18.5. The molecule has 0 radical (unpaired) electrons. The molecular formula is C43H48FNO8Si4. The van der Waals surface area contributed by atoms with E-state index in [1.54, 1.807) is 24.3 Å². The molecule has 0 aromatic heterocycles. The minimum absolute atomic E-state index is 0.0791. The van der Waals surface area contributed by atoms with Crippen molar-refractivity contribution in [3.8, 4) is 23.3 Å². The molecule has 296 valence electrons. The van der Waals surface area contributed by atoms with Crippen molar-refractivity contribution in [3.63, 3.8) is 0 Å². The maximum Gasteiger partial charge on any atom is 0.388 e. The largest absolute Gasteiger partial charge is 0.494 e. The highest BCUT2D eigenvalue weighted by molar-refractivity contribution is 7.02. The van der Waals surface area contributed by atoms with E-state index < -0.39 is 51.5 Å². The predicted molar refractivity (Wildman–Crippen MR) is 228 cm³/mol. The van der Waals surface area contributed by atoms with Gasteiger partial charge >= 0.3 is 29.1 Å². The van der Waals surface area contributed by atoms with Crippen LogP contribution in [-0.4, -0.2) is 52.3 Å². The van der Waals surface area contributed by atoms with Crippen LogP contribution in [0.1, 0.15) is 32.7 Å². The molecule has 0 aliphatic carbocycles. The van der Waals surface area contributed by atoms with E-state index >= 15 is 0 Å². The summed E-state index contributed by atoms with van der Waals surface area (Å²) in [6.07, 6.45) is 0.667. The van der Waals surface area contributed by atoms with Gasteiger partial charge in [0.1, 0.15) is 23.1 Å². The van der Waals surface area contributed by atoms with E-state index in [2.05, 4.69) is 70.1 Å². The second-order valence-electron chi connectivity index (χ2n) is 15.5. The lowest BCUT2D eigenvalue weighted by atomic mass is 10.2. The number of hydrogen-bond donors (Lipinski definition) is 0. The number of nitriles is 1. The van der Waals surface area contributed by atoms with Crippen molar-refractivity contribution in [2.45, 2.75) is 58.3 Å². The van der Waals surface area contributed by atoms with E-state index in [0.717, 1.165) is 16.4 Å². The zero-order valence-electron chi connectivity index (χ0n) is 33.3. The summed E-state index contributed by atoms with van der Waals surface area (Å²) in [5.41, 5.74) is 0.286. The Labute approximate surface area is 338 Å². The zero-order chi connectivity index (χ0) is 41.3. The van der Waals surface area contributed by atoms with E-state index in [1.165, 1.54) is 36.4 Å². The Morgan fingerprint density at radius 3 is 1.67 bits per heavy atom. The minimum Gasteiger partial charge on any atom is -0.494 e. The van der Waals surface area contributed by atoms with Crippen molar-refractivity contribution in [1.29, 1.82) is 5.26 Å². The van der Waals surface area contributed by atoms with Gasteiger partial charge in [-0.1, -0.05) is 60.7 Å². The van der Waals surface area contributed by atoms with Crippen LogP contribution in [-0.2, 0) is 12.3 Å². The molecule has 5 rings (SSSR count). The number of benzene rings is 5. The van der Waals surface area contributed by atoms with E-state index in [-0.39, 0.29) is 22.6 Å². The SMILES string of the molecule is C[Si](C)(C)O[Si](C)(CCCOc1ccc(C(=O)Oc2ccc(C(=O)Oc3ccc(C#N)cc3)c(F)c2)cc1)O[Si](O[Si](C)(C)C)(c1ccccc1)c1ccccc1. The molecule has 14 heteroatoms. The Balaban J connectivity index is 1.22. The smallest absolute Gasteiger partial charge is 0.388 e. The summed E-state index contributed by atoms with van der Waals surface area (Å²) < 4.78 is 53.3. The highest BCUT2D eigenvalue weighted by Gasteiger charge is 2.52. The van der Waals surface area contributed by atoms with Gasteiger partial charge < -0.3 is 26.6 Å². The first-order valence-electron chi connectivity index (χ1n) is 18.7. The van der Waals surface area contributed by atoms with Gasteiger partial charge in [0.05, 0.1) is 29.4 Å². The van der Waals surface area contributed by atoms with Crippen molar-refractivity contribution in [1.82, 2.24) is 0 Å². The van der Waals surface area contributed by atoms with E-state index in [0.29, 0.717) is 30.4 Å². The van der Waals surface area contributed by atoms with Gasteiger partial charge in [-0.15, -0.1) is 0 Å². The molecule has 9 nitrogen and oxygen atoms in total. The summed E-state index contributed by atoms with van der Waals surface area (Å²) in [4.78, 5) is 25.4. The quantitative estimate of drug-likeness (QED) is 0.0392. The first kappa shape index (κ1) is 43.1. The van der Waals surface area contributed by atoms with Crippen LogP contribution in [0.25, 0.3) is 0 Å². The van der Waals surface area contributed by atoms with Crippen LogP contribution >= 0.6 is 0 Å². The van der Waals surface area contributed by atoms with Crippen molar-refractivity contribution in [3.05, 3.63) is 150 Å². The third-order valence-electron chi connectivity index (χ3n) is 8.34. The van der Waals surface area contributed by atoms with Gasteiger partial charge in [-0.2, -0.15) is 5.26 Å². The lowest BCUT2D eigenvalue weighted by Crippen LogP contribution is -2.71. The van der Waals surface area contributed by atoms with Gasteiger partial charge in [0.15, 0.2) is 16.6 Å². The molecule has 0 spiro atoms. The van der Waals surface area contributed by atoms with Gasteiger partial charge in [-0.25, -0.2) is 14.0 Å². The number of esters is 2. The molecule has 0 bridgehead atoms. The number of ether oxygens (including phenoxy) is 3. The Morgan fingerprint density at radius 2 is 1.14 bits per heavy atom. The highest BCUT2D eigenvalue weighted by atomic mass is 28.5. The molecule has 0 amide bonds. The Hall–Kier alpha value is -4.99. The summed E-state index contributed by atoms with van der Waals surface area (Å²) in [7, 11) is -10.3. The molecular weight excluding hydrogens is 790 g/mol. The number of carbonyl (C=O) groups excluding carboxylic acids is 2. The van der Waals surface area contributed by atoms with Crippen LogP contribution < -0.4 is 24.6 Å². The molecule has 0 saturated heterocycles. The molecule has 5 aromatic carbocycles. The maximum atomic E-state index is 14.9. The maximum absolute atomic E-state index is 14.9. The fraction of sp³-hybridized carbons (Fsp3) is 0.233. The van der Waals surface area contributed by atoms with E-state index in [9.17, 15) is 14.0 Å². The van der Waals surface area contributed by atoms with Gasteiger partial charge in [0.2, 0.25) is 0 Å². The number of hydrogen-bond acceptors (Lipinski definition) is 9. The topological polar surface area (TPSA) is 113 Å². The average Bonchev–Trinajstić information content (AvgIpc) is 3.16. The standard InChI is InChI=1S/C43H48FNO8Si4/c1-54(2,3)51-56(7,53-57(52-55(4,5)6,38-15-10-8-11-16-38)39-17-12-9-13-18-39)30-14-29-48-35-25-21-34(22-26-35)42(46)50-37-27-28-40(41(44)31-37)43(47)49-36-23-19-33(32-45)20-24-36/h8-13,15-28,31H,14,29-30H2,1-7H3. The zero-order valence-corrected chi connectivity index (χ0v) is 37.3. The minimum atomic E-state index is -3.23. The van der Waals surface area contributed by atoms with Crippen LogP contribution in [0.15, 0.2) is 127 Å². The van der Waals surface area contributed by atoms with Crippen LogP contribution in [0.5, 0.6) is 17.2 Å². The van der Waals surface area contributed by atoms with Crippen molar-refractivity contribution in [2.24, 2.45) is 0 Å². The summed E-state index contributed by atoms with van der Waals surface area (Å²) in [6, 6.07) is 39.0. The first-order valence-corrected chi connectivity index (χ1v) is 29.8. The molecule has 0 saturated carbocycles. The number of carbonyl (C=O) groups is 2. The lowest BCUT2D eigenvalue weighted by molar-refractivity contribution is 0.0728. The van der Waals surface area contributed by atoms with Crippen LogP contribution in [0.2, 0.25) is 51.9 Å². The van der Waals surface area contributed by atoms with Crippen LogP contribution in [0, 0.1) is 17.1 Å². The molecule has 0 heterocycles. The summed E-state index contributed by atoms with van der Waals surface area (Å²) in [6.45, 7) is 15.7. The molecule has 0 aliphatic rings. The van der Waals surface area contributed by atoms with Crippen molar-refractivity contribution < 1.29 is 40.5 Å². The van der Waals surface area contributed by atoms with Gasteiger partial charge in [0, 0.05) is 6.07 Å². The monoisotopic (exact) mass is 837 g/mol. The number of rotatable bonds is 17. The molecule has 57 heavy (non-hydrogen) atoms. The highest BCUT2D eigenvalue weighted by Crippen LogP contribution is 2.29. The van der Waals surface area contributed by atoms with Gasteiger partial charge in [-0.3, -0.25) is 0 Å². The predicted octanol–water partition coefficient (Wildman–Crippen LogP) is 8.95. The summed E-state index contributed by atoms with van der Waals surface area (Å²) in [5, 5.41) is 11.0. The van der Waals surface area contributed by atoms with Crippen molar-refractivity contribution in [2.75, 3.05) is 6.61 Å². The lowest BCUT2D eigenvalue weighted by Gasteiger charge is -2.44. The Kier molecular flexibility index (Phi) is 14.0. The normalized spacial score (nSPS) is 12.9. The summed E-state index contributed by atoms with van der Waals surface area (Å²) >= 11 is 0. The number of nitrogens with zero attached hydrogens (tertiary/aromatic N) is 1. The number of halogens is 1. The molecule has 5 aromatic rings. The molecule has 1 unspecified atom stereocenters. The molecule has 0 fully saturated rings. The second-order valence-corrected chi connectivity index (χ2v) is 31.6. The Bertz CT molecular complexity index is 2130. The third-order valence-corrected chi connectivity index (χ3v) is 22.4. The fourth-order valence-corrected chi connectivity index (χ4v) is 23.4. The molecule has 0 N–H and O–H groups in total. The van der Waals surface area contributed by atoms with Crippen LogP contribution in [0.4, 0.5) is 4.39 Å². The fourth-order valence-electron chi connectivity index (χ4n) is 6.17. The first-order chi connectivity index (χ1) is 27.0. The van der Waals surface area contributed by atoms with Crippen LogP contribution in [0.3, 0.4) is 0 Å². The van der Waals surface area contributed by atoms with Crippen molar-refractivity contribution >= 4 is 56.1 Å². The van der Waals surface area contributed by atoms with Gasteiger partial charge in [-0.05, 0) is 129 Å². The molecule has 1 atom stereocenters. The summed E-state index contributed by atoms with van der Waals surface area (Å²) in [5.74, 6) is -1.91. The molecule has 0 aliphatic heterocycles. The van der Waals surface area contributed by atoms with E-state index in [4.69, 9.17) is 31.8 Å². The third kappa shape index (κ3) is 12.2.